The Bertz CT molecular complexity index is 875. The van der Waals surface area contributed by atoms with Crippen molar-refractivity contribution in [3.05, 3.63) is 45.1 Å². The average molecular weight is 329 g/mol. The van der Waals surface area contributed by atoms with Crippen LogP contribution in [0.15, 0.2) is 33.9 Å². The second-order valence-corrected chi connectivity index (χ2v) is 6.41. The second kappa shape index (κ2) is 6.63. The molecule has 1 aliphatic rings. The number of likely N-dealkylation sites (tertiary alicyclic amines) is 1. The molecule has 1 fully saturated rings. The van der Waals surface area contributed by atoms with E-state index in [1.165, 1.54) is 9.13 Å². The van der Waals surface area contributed by atoms with Gasteiger partial charge in [-0.05, 0) is 38.3 Å². The molecule has 1 aromatic carbocycles. The van der Waals surface area contributed by atoms with Gasteiger partial charge < -0.3 is 4.90 Å². The zero-order valence-electron chi connectivity index (χ0n) is 14.2. The first-order valence-corrected chi connectivity index (χ1v) is 8.56. The largest absolute Gasteiger partial charge is 0.341 e. The van der Waals surface area contributed by atoms with E-state index in [-0.39, 0.29) is 24.1 Å². The minimum absolute atomic E-state index is 0.0178. The Labute approximate surface area is 140 Å². The molecule has 0 N–H and O–H groups in total. The number of amides is 1. The molecule has 1 saturated heterocycles. The van der Waals surface area contributed by atoms with Crippen molar-refractivity contribution in [2.45, 2.75) is 45.7 Å². The predicted molar refractivity (Wildman–Crippen MR) is 93.3 cm³/mol. The van der Waals surface area contributed by atoms with Gasteiger partial charge in [-0.1, -0.05) is 19.1 Å². The fourth-order valence-corrected chi connectivity index (χ4v) is 3.27. The van der Waals surface area contributed by atoms with E-state index >= 15 is 0 Å². The maximum Gasteiger partial charge on any atom is 0.332 e. The van der Waals surface area contributed by atoms with E-state index in [4.69, 9.17) is 0 Å². The van der Waals surface area contributed by atoms with Crippen LogP contribution in [0.25, 0.3) is 10.9 Å². The molecule has 0 saturated carbocycles. The van der Waals surface area contributed by atoms with Crippen molar-refractivity contribution in [1.29, 1.82) is 0 Å². The van der Waals surface area contributed by atoms with Crippen LogP contribution in [0.5, 0.6) is 0 Å². The molecule has 0 aliphatic carbocycles. The molecule has 0 spiro atoms. The van der Waals surface area contributed by atoms with E-state index in [1.54, 1.807) is 29.2 Å². The minimum Gasteiger partial charge on any atom is -0.341 e. The van der Waals surface area contributed by atoms with Gasteiger partial charge in [0.15, 0.2) is 0 Å². The van der Waals surface area contributed by atoms with Gasteiger partial charge in [0.25, 0.3) is 5.56 Å². The lowest BCUT2D eigenvalue weighted by molar-refractivity contribution is -0.130. The second-order valence-electron chi connectivity index (χ2n) is 6.41. The molecule has 0 bridgehead atoms. The topological polar surface area (TPSA) is 64.3 Å². The zero-order valence-corrected chi connectivity index (χ0v) is 14.2. The zero-order chi connectivity index (χ0) is 17.3. The molecular formula is C18H23N3O3. The van der Waals surface area contributed by atoms with E-state index in [0.717, 1.165) is 25.9 Å². The highest BCUT2D eigenvalue weighted by Gasteiger charge is 2.22. The van der Waals surface area contributed by atoms with E-state index < -0.39 is 5.69 Å². The Balaban J connectivity index is 2.16. The van der Waals surface area contributed by atoms with Crippen LogP contribution in [0.3, 0.4) is 0 Å². The average Bonchev–Trinajstić information content (AvgIpc) is 3.13. The Morgan fingerprint density at radius 2 is 1.83 bits per heavy atom. The molecule has 2 aromatic rings. The third-order valence-corrected chi connectivity index (χ3v) is 4.86. The third kappa shape index (κ3) is 2.77. The van der Waals surface area contributed by atoms with Crippen LogP contribution >= 0.6 is 0 Å². The maximum atomic E-state index is 12.9. The van der Waals surface area contributed by atoms with E-state index in [2.05, 4.69) is 0 Å². The van der Waals surface area contributed by atoms with Gasteiger partial charge in [-0.15, -0.1) is 0 Å². The summed E-state index contributed by atoms with van der Waals surface area (Å²) in [5.41, 5.74) is -0.157. The number of hydrogen-bond donors (Lipinski definition) is 0. The number of rotatable bonds is 4. The summed E-state index contributed by atoms with van der Waals surface area (Å²) in [6.45, 7) is 5.26. The van der Waals surface area contributed by atoms with Crippen LogP contribution in [0.1, 0.15) is 39.2 Å². The Morgan fingerprint density at radius 1 is 1.17 bits per heavy atom. The van der Waals surface area contributed by atoms with Gasteiger partial charge >= 0.3 is 5.69 Å². The molecule has 1 aliphatic heterocycles. The number of carbonyl (C=O) groups is 1. The van der Waals surface area contributed by atoms with E-state index in [9.17, 15) is 14.4 Å². The number of fused-ring (bicyclic) bond motifs is 1. The Hall–Kier alpha value is -2.37. The van der Waals surface area contributed by atoms with Crippen molar-refractivity contribution >= 4 is 16.8 Å². The third-order valence-electron chi connectivity index (χ3n) is 4.86. The highest BCUT2D eigenvalue weighted by molar-refractivity contribution is 5.81. The highest BCUT2D eigenvalue weighted by atomic mass is 16.2. The monoisotopic (exact) mass is 329 g/mol. The first-order valence-electron chi connectivity index (χ1n) is 8.56. The maximum absolute atomic E-state index is 12.9. The molecule has 1 unspecified atom stereocenters. The number of para-hydroxylation sites is 1. The van der Waals surface area contributed by atoms with Gasteiger partial charge in [0.2, 0.25) is 5.91 Å². The minimum atomic E-state index is -0.402. The van der Waals surface area contributed by atoms with Crippen molar-refractivity contribution in [3.63, 3.8) is 0 Å². The van der Waals surface area contributed by atoms with Crippen LogP contribution in [0.2, 0.25) is 0 Å². The van der Waals surface area contributed by atoms with Crippen molar-refractivity contribution < 1.29 is 4.79 Å². The molecule has 24 heavy (non-hydrogen) atoms. The van der Waals surface area contributed by atoms with Crippen molar-refractivity contribution in [2.24, 2.45) is 0 Å². The van der Waals surface area contributed by atoms with Crippen molar-refractivity contribution in [3.8, 4) is 0 Å². The van der Waals surface area contributed by atoms with Gasteiger partial charge in [0.05, 0.1) is 10.9 Å². The number of nitrogens with zero attached hydrogens (tertiary/aromatic N) is 3. The molecule has 1 amide bonds. The van der Waals surface area contributed by atoms with Gasteiger partial charge in [0.1, 0.15) is 6.54 Å². The molecule has 2 heterocycles. The summed E-state index contributed by atoms with van der Waals surface area (Å²) in [5, 5.41) is 0.478. The fourth-order valence-electron chi connectivity index (χ4n) is 3.27. The van der Waals surface area contributed by atoms with Crippen LogP contribution in [0, 0.1) is 0 Å². The number of benzene rings is 1. The summed E-state index contributed by atoms with van der Waals surface area (Å²) in [7, 11) is 0. The van der Waals surface area contributed by atoms with E-state index in [1.807, 2.05) is 13.8 Å². The summed E-state index contributed by atoms with van der Waals surface area (Å²) in [5.74, 6) is -0.0610. The summed E-state index contributed by atoms with van der Waals surface area (Å²) in [4.78, 5) is 39.9. The first kappa shape index (κ1) is 16.5. The van der Waals surface area contributed by atoms with Crippen LogP contribution in [-0.2, 0) is 11.3 Å². The summed E-state index contributed by atoms with van der Waals surface area (Å²) in [6.07, 6.45) is 2.69. The molecule has 128 valence electrons. The SMILES string of the molecule is CCC(C)n1c(=O)c2ccccc2n(CC(=O)N2CCCC2)c1=O. The first-order chi connectivity index (χ1) is 11.5. The predicted octanol–water partition coefficient (Wildman–Crippen LogP) is 1.76. The van der Waals surface area contributed by atoms with Crippen LogP contribution in [0.4, 0.5) is 0 Å². The lowest BCUT2D eigenvalue weighted by atomic mass is 10.2. The molecule has 6 nitrogen and oxygen atoms in total. The molecule has 3 rings (SSSR count). The Kier molecular flexibility index (Phi) is 4.55. The van der Waals surface area contributed by atoms with E-state index in [0.29, 0.717) is 17.3 Å². The standard InChI is InChI=1S/C18H23N3O3/c1-3-13(2)21-17(23)14-8-4-5-9-15(14)20(18(21)24)12-16(22)19-10-6-7-11-19/h4-5,8-9,13H,3,6-7,10-12H2,1-2H3. The fraction of sp³-hybridized carbons (Fsp3) is 0.500. The molecule has 1 aromatic heterocycles. The van der Waals surface area contributed by atoms with Gasteiger partial charge in [-0.25, -0.2) is 4.79 Å². The number of aromatic nitrogens is 2. The van der Waals surface area contributed by atoms with Gasteiger partial charge in [-0.2, -0.15) is 0 Å². The smallest absolute Gasteiger partial charge is 0.332 e. The number of hydrogen-bond acceptors (Lipinski definition) is 3. The number of carbonyl (C=O) groups excluding carboxylic acids is 1. The lowest BCUT2D eigenvalue weighted by Gasteiger charge is -2.20. The van der Waals surface area contributed by atoms with Crippen molar-refractivity contribution in [2.75, 3.05) is 13.1 Å². The van der Waals surface area contributed by atoms with Crippen molar-refractivity contribution in [1.82, 2.24) is 14.0 Å². The molecule has 1 atom stereocenters. The summed E-state index contributed by atoms with van der Waals surface area (Å²) < 4.78 is 2.73. The highest BCUT2D eigenvalue weighted by Crippen LogP contribution is 2.13. The molecule has 6 heteroatoms. The van der Waals surface area contributed by atoms with Crippen LogP contribution in [-0.4, -0.2) is 33.0 Å². The lowest BCUT2D eigenvalue weighted by Crippen LogP contribution is -2.44. The summed E-state index contributed by atoms with van der Waals surface area (Å²) >= 11 is 0. The van der Waals surface area contributed by atoms with Crippen LogP contribution < -0.4 is 11.2 Å². The van der Waals surface area contributed by atoms with Gasteiger partial charge in [-0.3, -0.25) is 18.7 Å². The molecular weight excluding hydrogens is 306 g/mol. The normalized spacial score (nSPS) is 15.8. The molecule has 0 radical (unpaired) electrons. The quantitative estimate of drug-likeness (QED) is 0.858. The van der Waals surface area contributed by atoms with Gasteiger partial charge in [0, 0.05) is 19.1 Å². The summed E-state index contributed by atoms with van der Waals surface area (Å²) in [6, 6.07) is 6.80. The Morgan fingerprint density at radius 3 is 2.50 bits per heavy atom.